The van der Waals surface area contributed by atoms with E-state index in [1.165, 1.54) is 22.3 Å². The van der Waals surface area contributed by atoms with Crippen LogP contribution < -0.4 is 20.1 Å². The Morgan fingerprint density at radius 1 is 0.688 bits per heavy atom. The Hall–Kier alpha value is -7.00. The number of anilines is 2. The monoisotopic (exact) mass is 1110 g/mol. The van der Waals surface area contributed by atoms with Crippen LogP contribution >= 0.6 is 11.8 Å². The van der Waals surface area contributed by atoms with Crippen LogP contribution in [0, 0.1) is 23.3 Å². The number of ether oxygens (including phenoxy) is 2. The van der Waals surface area contributed by atoms with Gasteiger partial charge in [0.15, 0.2) is 28.2 Å². The smallest absolute Gasteiger partial charge is 0.407 e. The number of thioether (sulfide) groups is 1. The zero-order valence-corrected chi connectivity index (χ0v) is 46.0. The maximum Gasteiger partial charge on any atom is 0.407 e. The number of alkyl carbamates (subject to hydrolysis) is 1. The number of esters is 1. The predicted octanol–water partition coefficient (Wildman–Crippen LogP) is 13.4. The fourth-order valence-electron chi connectivity index (χ4n) is 8.71. The van der Waals surface area contributed by atoms with Crippen molar-refractivity contribution >= 4 is 71.9 Å². The first-order valence-corrected chi connectivity index (χ1v) is 28.5. The van der Waals surface area contributed by atoms with Crippen LogP contribution in [0.4, 0.5) is 39.4 Å². The van der Waals surface area contributed by atoms with Gasteiger partial charge in [-0.3, -0.25) is 0 Å². The minimum absolute atomic E-state index is 0.0667. The van der Waals surface area contributed by atoms with Gasteiger partial charge in [0, 0.05) is 57.4 Å². The molecule has 0 saturated carbocycles. The number of carbonyl (C=O) groups is 2. The van der Waals surface area contributed by atoms with Crippen LogP contribution in [-0.2, 0) is 34.3 Å². The zero-order valence-electron chi connectivity index (χ0n) is 43.5. The molecule has 77 heavy (non-hydrogen) atoms. The van der Waals surface area contributed by atoms with Gasteiger partial charge >= 0.3 is 12.1 Å². The maximum absolute atomic E-state index is 15.8. The summed E-state index contributed by atoms with van der Waals surface area (Å²) < 4.78 is 137. The highest BCUT2D eigenvalue weighted by atomic mass is 32.3. The zero-order chi connectivity index (χ0) is 56.1. The van der Waals surface area contributed by atoms with Gasteiger partial charge in [0.25, 0.3) is 20.0 Å². The van der Waals surface area contributed by atoms with Crippen molar-refractivity contribution < 1.29 is 57.9 Å². The van der Waals surface area contributed by atoms with Crippen LogP contribution in [0.3, 0.4) is 0 Å². The van der Waals surface area contributed by atoms with E-state index >= 15 is 17.6 Å². The molecule has 5 aromatic rings. The largest absolute Gasteiger partial charge is 0.461 e. The summed E-state index contributed by atoms with van der Waals surface area (Å²) in [6.07, 6.45) is -0.107. The van der Waals surface area contributed by atoms with Gasteiger partial charge in [0.05, 0.1) is 27.4 Å². The van der Waals surface area contributed by atoms with Crippen LogP contribution in [0.2, 0.25) is 0 Å². The molecule has 0 bridgehead atoms. The summed E-state index contributed by atoms with van der Waals surface area (Å²) in [4.78, 5) is 24.0. The first-order valence-electron chi connectivity index (χ1n) is 24.6. The molecule has 7 rings (SSSR count). The van der Waals surface area contributed by atoms with Crippen LogP contribution in [0.25, 0.3) is 33.4 Å². The van der Waals surface area contributed by atoms with Crippen molar-refractivity contribution in [3.05, 3.63) is 161 Å². The second kappa shape index (κ2) is 24.1. The summed E-state index contributed by atoms with van der Waals surface area (Å²) in [5, 5.41) is 6.75. The fourth-order valence-corrected chi connectivity index (χ4v) is 12.7. The quantitative estimate of drug-likeness (QED) is 0.0126. The van der Waals surface area contributed by atoms with Gasteiger partial charge < -0.3 is 24.5 Å². The third-order valence-corrected chi connectivity index (χ3v) is 17.0. The first-order chi connectivity index (χ1) is 36.4. The predicted molar refractivity (Wildman–Crippen MR) is 291 cm³/mol. The molecule has 0 spiro atoms. The van der Waals surface area contributed by atoms with Crippen LogP contribution in [-0.4, -0.2) is 54.4 Å². The lowest BCUT2D eigenvalue weighted by atomic mass is 9.92. The second-order valence-corrected chi connectivity index (χ2v) is 23.7. The minimum Gasteiger partial charge on any atom is -0.461 e. The number of amides is 1. The van der Waals surface area contributed by atoms with Crippen molar-refractivity contribution in [3.8, 4) is 22.5 Å². The van der Waals surface area contributed by atoms with E-state index in [0.717, 1.165) is 45.8 Å². The molecule has 0 radical (unpaired) electrons. The highest BCUT2D eigenvalue weighted by Gasteiger charge is 2.37. The number of hydrogen-bond acceptors (Lipinski definition) is 12. The Labute approximate surface area is 449 Å². The molecule has 2 aliphatic rings. The standard InChI is InChI=1S/C57H58F4N4O9S3/c1-10-47(66)72-26-25-62-57(67)73-27-28-75-55-49(58)51(60)56(52(61)50(55)59)77(70,71)65-76(68,69)46-20-12-11-15-43(46)48-41-23-21-35(63-53-37(31(2)3)16-13-17-38(53)32(4)5)29-44(41)74-45-30-36(22-24-42(45)48)64-54-39(33(6)7)18-14-19-40(54)34(8)9/h10-24,29-34,63,65H,1,25-28H2,2-9H3,(H,62,67). The first kappa shape index (κ1) is 57.7. The Kier molecular flexibility index (Phi) is 18.1. The van der Waals surface area contributed by atoms with Crippen molar-refractivity contribution in [3.63, 3.8) is 0 Å². The summed E-state index contributed by atoms with van der Waals surface area (Å²) in [5.41, 5.74) is 7.43. The summed E-state index contributed by atoms with van der Waals surface area (Å²) in [5.74, 6) is -9.46. The molecule has 20 heteroatoms. The number of nitrogens with one attached hydrogen (secondary N) is 3. The minimum atomic E-state index is -5.97. The van der Waals surface area contributed by atoms with E-state index in [0.29, 0.717) is 22.0 Å². The Morgan fingerprint density at radius 3 is 1.88 bits per heavy atom. The van der Waals surface area contributed by atoms with E-state index in [2.05, 4.69) is 84.7 Å². The van der Waals surface area contributed by atoms with Crippen LogP contribution in [0.1, 0.15) is 101 Å². The molecule has 0 saturated heterocycles. The highest BCUT2D eigenvalue weighted by Crippen LogP contribution is 2.45. The van der Waals surface area contributed by atoms with E-state index in [1.807, 2.05) is 24.3 Å². The van der Waals surface area contributed by atoms with Gasteiger partial charge in [0.2, 0.25) is 0 Å². The number of para-hydroxylation sites is 2. The topological polar surface area (TPSA) is 182 Å². The second-order valence-electron chi connectivity index (χ2n) is 19.1. The highest BCUT2D eigenvalue weighted by molar-refractivity contribution is 8.04. The third kappa shape index (κ3) is 12.7. The molecule has 1 aliphatic heterocycles. The van der Waals surface area contributed by atoms with E-state index in [1.54, 1.807) is 36.4 Å². The van der Waals surface area contributed by atoms with E-state index < -0.39 is 82.4 Å². The van der Waals surface area contributed by atoms with Gasteiger partial charge in [-0.25, -0.2) is 49.0 Å². The molecule has 1 amide bonds. The Balaban J connectivity index is 1.30. The molecule has 0 unspecified atom stereocenters. The average Bonchev–Trinajstić information content (AvgIpc) is 3.39. The van der Waals surface area contributed by atoms with E-state index in [-0.39, 0.29) is 71.1 Å². The molecule has 0 fully saturated rings. The summed E-state index contributed by atoms with van der Waals surface area (Å²) >= 11 is 0.152. The Bertz CT molecular complexity index is 3600. The average molecular weight is 1120 g/mol. The van der Waals surface area contributed by atoms with Crippen LogP contribution in [0.5, 0.6) is 0 Å². The fraction of sp³-hybridized carbons (Fsp3) is 0.281. The van der Waals surface area contributed by atoms with Crippen molar-refractivity contribution in [2.45, 2.75) is 93.7 Å². The number of hydrogen-bond donors (Lipinski definition) is 3. The lowest BCUT2D eigenvalue weighted by Gasteiger charge is -2.22. The van der Waals surface area contributed by atoms with Gasteiger partial charge in [-0.15, -0.1) is 15.9 Å². The molecule has 5 aromatic carbocycles. The lowest BCUT2D eigenvalue weighted by molar-refractivity contribution is -0.137. The molecule has 0 atom stereocenters. The van der Waals surface area contributed by atoms with Gasteiger partial charge in [-0.05, 0) is 76.3 Å². The maximum atomic E-state index is 15.8. The van der Waals surface area contributed by atoms with Crippen LogP contribution in [0.15, 0.2) is 134 Å². The molecular formula is C57H58F4N4O9S3. The number of carbonyl (C=O) groups excluding carboxylic acids is 2. The summed E-state index contributed by atoms with van der Waals surface area (Å²) in [6, 6.07) is 28.0. The SMILES string of the molecule is C=CC(=O)OCCNC(=O)OCCSc1c(F)c(F)c(S(=O)(=O)NS(=O)(=O)c2ccccc2-c2c3ccc(=Nc4c(C(C)C)cccc4C(C)C)cc-3oc3cc(Nc4c(C(C)C)cccc4C(C)C)ccc23)c(F)c1F. The van der Waals surface area contributed by atoms with Crippen molar-refractivity contribution in [2.75, 3.05) is 30.8 Å². The Morgan fingerprint density at radius 2 is 1.29 bits per heavy atom. The number of nitrogens with zero attached hydrogens (tertiary/aromatic N) is 1. The van der Waals surface area contributed by atoms with Gasteiger partial charge in [-0.1, -0.05) is 117 Å². The van der Waals surface area contributed by atoms with Crippen molar-refractivity contribution in [1.29, 1.82) is 0 Å². The molecule has 406 valence electrons. The number of rotatable bonds is 20. The molecule has 13 nitrogen and oxygen atoms in total. The number of benzene rings is 6. The third-order valence-electron chi connectivity index (χ3n) is 12.4. The molecule has 3 N–H and O–H groups in total. The number of sulfonamides is 2. The molecule has 1 heterocycles. The number of halogens is 4. The van der Waals surface area contributed by atoms with E-state index in [4.69, 9.17) is 18.9 Å². The summed E-state index contributed by atoms with van der Waals surface area (Å²) in [6.45, 7) is 19.0. The normalized spacial score (nSPS) is 12.3. The molecule has 1 aliphatic carbocycles. The van der Waals surface area contributed by atoms with Crippen molar-refractivity contribution in [1.82, 2.24) is 9.44 Å². The van der Waals surface area contributed by atoms with Gasteiger partial charge in [0.1, 0.15) is 24.6 Å². The summed E-state index contributed by atoms with van der Waals surface area (Å²) in [7, 11) is -11.4. The van der Waals surface area contributed by atoms with Gasteiger partial charge in [-0.2, -0.15) is 0 Å². The van der Waals surface area contributed by atoms with Crippen molar-refractivity contribution in [2.24, 2.45) is 4.99 Å². The van der Waals surface area contributed by atoms with E-state index in [9.17, 15) is 26.4 Å². The molecular weight excluding hydrogens is 1060 g/mol. The lowest BCUT2D eigenvalue weighted by Crippen LogP contribution is -2.33. The number of fused-ring (bicyclic) bond motifs is 2. The molecule has 0 aromatic heterocycles.